The molecule has 0 aromatic carbocycles. The van der Waals surface area contributed by atoms with Crippen molar-refractivity contribution in [1.82, 2.24) is 10.5 Å². The third kappa shape index (κ3) is 3.14. The molecule has 1 aliphatic rings. The van der Waals surface area contributed by atoms with Gasteiger partial charge in [0.1, 0.15) is 11.3 Å². The van der Waals surface area contributed by atoms with Gasteiger partial charge in [-0.3, -0.25) is 4.79 Å². The summed E-state index contributed by atoms with van der Waals surface area (Å²) in [6, 6.07) is 3.89. The second-order valence-corrected chi connectivity index (χ2v) is 5.63. The van der Waals surface area contributed by atoms with Crippen molar-refractivity contribution in [2.24, 2.45) is 5.92 Å². The predicted octanol–water partition coefficient (Wildman–Crippen LogP) is 2.44. The van der Waals surface area contributed by atoms with Crippen molar-refractivity contribution in [2.75, 3.05) is 0 Å². The molecule has 0 aliphatic heterocycles. The molecule has 102 valence electrons. The molecule has 1 heterocycles. The van der Waals surface area contributed by atoms with Gasteiger partial charge >= 0.3 is 0 Å². The van der Waals surface area contributed by atoms with E-state index in [1.165, 1.54) is 0 Å². The van der Waals surface area contributed by atoms with Gasteiger partial charge in [0.05, 0.1) is 6.07 Å². The molecule has 5 heteroatoms. The molecule has 1 aromatic heterocycles. The van der Waals surface area contributed by atoms with E-state index >= 15 is 0 Å². The predicted molar refractivity (Wildman–Crippen MR) is 69.3 cm³/mol. The minimum Gasteiger partial charge on any atom is -0.361 e. The van der Waals surface area contributed by atoms with Crippen LogP contribution in [0.5, 0.6) is 0 Å². The molecule has 1 saturated carbocycles. The summed E-state index contributed by atoms with van der Waals surface area (Å²) in [5.74, 6) is 0.837. The molecule has 1 amide bonds. The van der Waals surface area contributed by atoms with E-state index in [0.717, 1.165) is 19.3 Å². The van der Waals surface area contributed by atoms with Crippen LogP contribution in [0.25, 0.3) is 0 Å². The zero-order chi connectivity index (χ0) is 13.9. The summed E-state index contributed by atoms with van der Waals surface area (Å²) in [4.78, 5) is 12.1. The Morgan fingerprint density at radius 1 is 1.58 bits per heavy atom. The van der Waals surface area contributed by atoms with Crippen LogP contribution in [0.15, 0.2) is 10.6 Å². The first-order chi connectivity index (χ1) is 9.04. The van der Waals surface area contributed by atoms with E-state index in [2.05, 4.69) is 30.4 Å². The summed E-state index contributed by atoms with van der Waals surface area (Å²) >= 11 is 0. The molecule has 0 unspecified atom stereocenters. The van der Waals surface area contributed by atoms with Crippen LogP contribution in [0, 0.1) is 17.2 Å². The second-order valence-electron chi connectivity index (χ2n) is 5.63. The van der Waals surface area contributed by atoms with Crippen molar-refractivity contribution in [1.29, 1.82) is 5.26 Å². The van der Waals surface area contributed by atoms with Crippen LogP contribution in [0.2, 0.25) is 0 Å². The molecule has 1 aromatic rings. The van der Waals surface area contributed by atoms with E-state index in [4.69, 9.17) is 4.52 Å². The summed E-state index contributed by atoms with van der Waals surface area (Å²) in [6.07, 6.45) is 4.14. The first kappa shape index (κ1) is 13.6. The Morgan fingerprint density at radius 2 is 2.26 bits per heavy atom. The van der Waals surface area contributed by atoms with Gasteiger partial charge in [-0.1, -0.05) is 19.0 Å². The van der Waals surface area contributed by atoms with Gasteiger partial charge in [0.2, 0.25) is 0 Å². The van der Waals surface area contributed by atoms with E-state index in [1.54, 1.807) is 6.07 Å². The fourth-order valence-corrected chi connectivity index (χ4v) is 2.44. The molecule has 5 nitrogen and oxygen atoms in total. The fourth-order valence-electron chi connectivity index (χ4n) is 2.44. The van der Waals surface area contributed by atoms with Gasteiger partial charge in [-0.15, -0.1) is 0 Å². The number of nitrogens with zero attached hydrogens (tertiary/aromatic N) is 2. The minimum absolute atomic E-state index is 0.261. The largest absolute Gasteiger partial charge is 0.361 e. The number of amides is 1. The van der Waals surface area contributed by atoms with Gasteiger partial charge in [-0.05, 0) is 31.6 Å². The first-order valence-corrected chi connectivity index (χ1v) is 6.74. The normalized spacial score (nSPS) is 17.4. The highest BCUT2D eigenvalue weighted by Gasteiger charge is 2.36. The van der Waals surface area contributed by atoms with E-state index < -0.39 is 5.54 Å². The number of hydrogen-bond donors (Lipinski definition) is 1. The quantitative estimate of drug-likeness (QED) is 0.902. The third-order valence-corrected chi connectivity index (χ3v) is 3.42. The molecular weight excluding hydrogens is 242 g/mol. The fraction of sp³-hybridized carbons (Fsp3) is 0.643. The van der Waals surface area contributed by atoms with Crippen LogP contribution in [-0.2, 0) is 6.42 Å². The molecular formula is C14H19N3O2. The van der Waals surface area contributed by atoms with Crippen molar-refractivity contribution in [3.05, 3.63) is 17.5 Å². The summed E-state index contributed by atoms with van der Waals surface area (Å²) < 4.78 is 5.13. The van der Waals surface area contributed by atoms with E-state index in [0.29, 0.717) is 24.5 Å². The molecule has 0 atom stereocenters. The lowest BCUT2D eigenvalue weighted by Gasteiger charge is -2.20. The number of rotatable bonds is 4. The molecule has 1 N–H and O–H groups in total. The molecule has 0 bridgehead atoms. The molecule has 1 aliphatic carbocycles. The molecule has 0 radical (unpaired) electrons. The Balaban J connectivity index is 2.04. The maximum atomic E-state index is 12.1. The highest BCUT2D eigenvalue weighted by Crippen LogP contribution is 2.29. The molecule has 19 heavy (non-hydrogen) atoms. The van der Waals surface area contributed by atoms with Crippen molar-refractivity contribution in [2.45, 2.75) is 51.5 Å². The van der Waals surface area contributed by atoms with Crippen LogP contribution in [0.4, 0.5) is 0 Å². The number of hydrogen-bond acceptors (Lipinski definition) is 4. The summed E-state index contributed by atoms with van der Waals surface area (Å²) in [7, 11) is 0. The Kier molecular flexibility index (Phi) is 3.89. The lowest BCUT2D eigenvalue weighted by Crippen LogP contribution is -2.45. The molecule has 0 spiro atoms. The average Bonchev–Trinajstić information content (AvgIpc) is 2.98. The Bertz CT molecular complexity index is 493. The minimum atomic E-state index is -0.714. The Morgan fingerprint density at radius 3 is 2.84 bits per heavy atom. The SMILES string of the molecule is CC(C)Cc1cc(C(=O)NC2(C#N)CCCC2)no1. The number of nitriles is 1. The molecule has 1 fully saturated rings. The summed E-state index contributed by atoms with van der Waals surface area (Å²) in [6.45, 7) is 4.15. The van der Waals surface area contributed by atoms with Crippen molar-refractivity contribution in [3.8, 4) is 6.07 Å². The van der Waals surface area contributed by atoms with E-state index in [9.17, 15) is 10.1 Å². The van der Waals surface area contributed by atoms with Gasteiger partial charge in [-0.25, -0.2) is 0 Å². The first-order valence-electron chi connectivity index (χ1n) is 6.74. The Hall–Kier alpha value is -1.83. The van der Waals surface area contributed by atoms with Crippen LogP contribution in [-0.4, -0.2) is 16.6 Å². The van der Waals surface area contributed by atoms with E-state index in [-0.39, 0.29) is 11.6 Å². The van der Waals surface area contributed by atoms with Gasteiger partial charge < -0.3 is 9.84 Å². The van der Waals surface area contributed by atoms with Gasteiger partial charge in [-0.2, -0.15) is 5.26 Å². The molecule has 2 rings (SSSR count). The average molecular weight is 261 g/mol. The zero-order valence-electron chi connectivity index (χ0n) is 11.4. The van der Waals surface area contributed by atoms with Crippen LogP contribution < -0.4 is 5.32 Å². The monoisotopic (exact) mass is 261 g/mol. The van der Waals surface area contributed by atoms with Crippen molar-refractivity contribution < 1.29 is 9.32 Å². The maximum Gasteiger partial charge on any atom is 0.274 e. The summed E-state index contributed by atoms with van der Waals surface area (Å²) in [5.41, 5.74) is -0.453. The van der Waals surface area contributed by atoms with Gasteiger partial charge in [0, 0.05) is 12.5 Å². The Labute approximate surface area is 113 Å². The van der Waals surface area contributed by atoms with Crippen molar-refractivity contribution in [3.63, 3.8) is 0 Å². The summed E-state index contributed by atoms with van der Waals surface area (Å²) in [5, 5.41) is 15.8. The lowest BCUT2D eigenvalue weighted by atomic mass is 9.99. The number of aromatic nitrogens is 1. The number of nitrogens with one attached hydrogen (secondary N) is 1. The van der Waals surface area contributed by atoms with Gasteiger partial charge in [0.25, 0.3) is 5.91 Å². The standard InChI is InChI=1S/C14H19N3O2/c1-10(2)7-11-8-12(17-19-11)13(18)16-14(9-15)5-3-4-6-14/h8,10H,3-7H2,1-2H3,(H,16,18). The lowest BCUT2D eigenvalue weighted by molar-refractivity contribution is 0.0911. The highest BCUT2D eigenvalue weighted by atomic mass is 16.5. The van der Waals surface area contributed by atoms with Crippen LogP contribution in [0.1, 0.15) is 55.8 Å². The topological polar surface area (TPSA) is 78.9 Å². The van der Waals surface area contributed by atoms with Crippen LogP contribution >= 0.6 is 0 Å². The third-order valence-electron chi connectivity index (χ3n) is 3.42. The molecule has 0 saturated heterocycles. The second kappa shape index (κ2) is 5.43. The zero-order valence-corrected chi connectivity index (χ0v) is 11.4. The van der Waals surface area contributed by atoms with Gasteiger partial charge in [0.15, 0.2) is 5.69 Å². The van der Waals surface area contributed by atoms with E-state index in [1.807, 2.05) is 0 Å². The number of carbonyl (C=O) groups is 1. The smallest absolute Gasteiger partial charge is 0.274 e. The maximum absolute atomic E-state index is 12.1. The highest BCUT2D eigenvalue weighted by molar-refractivity contribution is 5.93. The van der Waals surface area contributed by atoms with Crippen molar-refractivity contribution >= 4 is 5.91 Å². The number of carbonyl (C=O) groups excluding carboxylic acids is 1. The van der Waals surface area contributed by atoms with Crippen LogP contribution in [0.3, 0.4) is 0 Å².